The van der Waals surface area contributed by atoms with Gasteiger partial charge in [-0.1, -0.05) is 0 Å². The minimum atomic E-state index is 0.374. The van der Waals surface area contributed by atoms with E-state index in [1.807, 2.05) is 13.0 Å². The maximum absolute atomic E-state index is 4.66. The van der Waals surface area contributed by atoms with Crippen LogP contribution in [0.5, 0.6) is 0 Å². The minimum absolute atomic E-state index is 0.374. The molecular weight excluding hydrogens is 276 g/mol. The van der Waals surface area contributed by atoms with Crippen LogP contribution in [0.4, 0.5) is 11.8 Å². The molecule has 3 rings (SSSR count). The van der Waals surface area contributed by atoms with E-state index in [-0.39, 0.29) is 0 Å². The van der Waals surface area contributed by atoms with E-state index >= 15 is 0 Å². The highest BCUT2D eigenvalue weighted by Crippen LogP contribution is 2.33. The van der Waals surface area contributed by atoms with Crippen molar-refractivity contribution in [2.75, 3.05) is 11.9 Å². The van der Waals surface area contributed by atoms with Crippen molar-refractivity contribution in [1.29, 1.82) is 0 Å². The predicted molar refractivity (Wildman–Crippen MR) is 85.9 cm³/mol. The number of nitrogens with zero attached hydrogens (tertiary/aromatic N) is 5. The highest BCUT2D eigenvalue weighted by Gasteiger charge is 2.29. The van der Waals surface area contributed by atoms with Gasteiger partial charge in [-0.2, -0.15) is 0 Å². The molecule has 6 nitrogen and oxygen atoms in total. The van der Waals surface area contributed by atoms with E-state index < -0.39 is 0 Å². The third-order valence-corrected chi connectivity index (χ3v) is 3.96. The monoisotopic (exact) mass is 298 g/mol. The van der Waals surface area contributed by atoms with Gasteiger partial charge in [-0.15, -0.1) is 0 Å². The Morgan fingerprint density at radius 2 is 2.00 bits per heavy atom. The van der Waals surface area contributed by atoms with Crippen molar-refractivity contribution in [3.8, 4) is 0 Å². The molecule has 3 heterocycles. The van der Waals surface area contributed by atoms with Crippen LogP contribution in [0, 0.1) is 6.92 Å². The van der Waals surface area contributed by atoms with Gasteiger partial charge in [0.25, 0.3) is 0 Å². The Morgan fingerprint density at radius 1 is 1.23 bits per heavy atom. The Bertz CT molecular complexity index is 628. The lowest BCUT2D eigenvalue weighted by atomic mass is 10.1. The molecule has 0 spiro atoms. The van der Waals surface area contributed by atoms with Gasteiger partial charge in [0.2, 0.25) is 5.95 Å². The third-order valence-electron chi connectivity index (χ3n) is 3.96. The van der Waals surface area contributed by atoms with Gasteiger partial charge < -0.3 is 5.32 Å². The number of hydrogen-bond acceptors (Lipinski definition) is 6. The average molecular weight is 298 g/mol. The summed E-state index contributed by atoms with van der Waals surface area (Å²) in [5.74, 6) is 2.08. The summed E-state index contributed by atoms with van der Waals surface area (Å²) >= 11 is 0. The number of hydrogen-bond donors (Lipinski definition) is 1. The van der Waals surface area contributed by atoms with Crippen LogP contribution in [0.15, 0.2) is 24.5 Å². The van der Waals surface area contributed by atoms with Gasteiger partial charge in [0.1, 0.15) is 11.6 Å². The summed E-state index contributed by atoms with van der Waals surface area (Å²) < 4.78 is 0. The van der Waals surface area contributed by atoms with Gasteiger partial charge in [-0.05, 0) is 46.2 Å². The van der Waals surface area contributed by atoms with Crippen molar-refractivity contribution in [3.05, 3.63) is 36.0 Å². The summed E-state index contributed by atoms with van der Waals surface area (Å²) in [6.07, 6.45) is 5.79. The zero-order chi connectivity index (χ0) is 15.5. The molecule has 0 bridgehead atoms. The van der Waals surface area contributed by atoms with E-state index in [1.165, 1.54) is 6.42 Å². The van der Waals surface area contributed by atoms with Gasteiger partial charge in [-0.25, -0.2) is 19.9 Å². The molecule has 6 heteroatoms. The highest BCUT2D eigenvalue weighted by atomic mass is 15.2. The predicted octanol–water partition coefficient (Wildman–Crippen LogP) is 2.86. The molecule has 0 radical (unpaired) electrons. The quantitative estimate of drug-likeness (QED) is 0.936. The van der Waals surface area contributed by atoms with Crippen LogP contribution in [0.25, 0.3) is 0 Å². The zero-order valence-electron chi connectivity index (χ0n) is 13.3. The second-order valence-corrected chi connectivity index (χ2v) is 5.91. The molecule has 1 N–H and O–H groups in total. The van der Waals surface area contributed by atoms with Crippen molar-refractivity contribution in [1.82, 2.24) is 24.8 Å². The lowest BCUT2D eigenvalue weighted by Crippen LogP contribution is -2.30. The molecule has 2 aromatic rings. The van der Waals surface area contributed by atoms with Crippen LogP contribution in [-0.4, -0.2) is 37.4 Å². The maximum atomic E-state index is 4.66. The molecular formula is C16H22N6. The fourth-order valence-electron chi connectivity index (χ4n) is 3.03. The van der Waals surface area contributed by atoms with Crippen LogP contribution in [-0.2, 0) is 0 Å². The van der Waals surface area contributed by atoms with Gasteiger partial charge in [0.15, 0.2) is 0 Å². The summed E-state index contributed by atoms with van der Waals surface area (Å²) in [6.45, 7) is 7.54. The molecule has 1 saturated heterocycles. The first-order valence-electron chi connectivity index (χ1n) is 7.79. The minimum Gasteiger partial charge on any atom is -0.309 e. The van der Waals surface area contributed by atoms with Crippen LogP contribution >= 0.6 is 0 Å². The van der Waals surface area contributed by atoms with Crippen molar-refractivity contribution in [2.45, 2.75) is 45.7 Å². The van der Waals surface area contributed by atoms with E-state index in [9.17, 15) is 0 Å². The zero-order valence-corrected chi connectivity index (χ0v) is 13.3. The molecule has 116 valence electrons. The molecule has 22 heavy (non-hydrogen) atoms. The molecule has 1 fully saturated rings. The van der Waals surface area contributed by atoms with Crippen molar-refractivity contribution in [3.63, 3.8) is 0 Å². The molecule has 0 aliphatic carbocycles. The average Bonchev–Trinajstić information content (AvgIpc) is 2.97. The first-order valence-corrected chi connectivity index (χ1v) is 7.79. The van der Waals surface area contributed by atoms with E-state index in [1.54, 1.807) is 18.5 Å². The van der Waals surface area contributed by atoms with Crippen LogP contribution in [0.1, 0.15) is 44.2 Å². The van der Waals surface area contributed by atoms with Crippen molar-refractivity contribution < 1.29 is 0 Å². The Hall–Kier alpha value is -2.08. The number of rotatable bonds is 4. The summed E-state index contributed by atoms with van der Waals surface area (Å²) in [5.41, 5.74) is 1.08. The fourth-order valence-corrected chi connectivity index (χ4v) is 3.03. The fraction of sp³-hybridized carbons (Fsp3) is 0.500. The third kappa shape index (κ3) is 3.22. The van der Waals surface area contributed by atoms with Crippen LogP contribution in [0.2, 0.25) is 0 Å². The lowest BCUT2D eigenvalue weighted by molar-refractivity contribution is 0.202. The van der Waals surface area contributed by atoms with Gasteiger partial charge in [-0.3, -0.25) is 4.90 Å². The molecule has 0 aromatic carbocycles. The normalized spacial score (nSPS) is 18.8. The highest BCUT2D eigenvalue weighted by molar-refractivity contribution is 5.48. The smallest absolute Gasteiger partial charge is 0.228 e. The first kappa shape index (κ1) is 14.8. The van der Waals surface area contributed by atoms with Crippen molar-refractivity contribution >= 4 is 11.8 Å². The van der Waals surface area contributed by atoms with E-state index in [0.29, 0.717) is 18.0 Å². The van der Waals surface area contributed by atoms with E-state index in [4.69, 9.17) is 0 Å². The number of likely N-dealkylation sites (tertiary alicyclic amines) is 1. The molecule has 1 aliphatic rings. The molecule has 1 atom stereocenters. The van der Waals surface area contributed by atoms with Gasteiger partial charge in [0, 0.05) is 24.5 Å². The number of aryl methyl sites for hydroxylation is 1. The van der Waals surface area contributed by atoms with E-state index in [2.05, 4.69) is 44.0 Å². The number of nitrogens with one attached hydrogen (secondary N) is 1. The standard InChI is InChI=1S/C16H22N6/c1-11(2)22-9-4-6-14(22)13-10-15(20-12(3)19-13)21-16-17-7-5-8-18-16/h5,7-8,10-11,14H,4,6,9H2,1-3H3,(H,17,18,19,20,21). The van der Waals surface area contributed by atoms with Crippen LogP contribution < -0.4 is 5.32 Å². The Morgan fingerprint density at radius 3 is 2.73 bits per heavy atom. The number of aromatic nitrogens is 4. The lowest BCUT2D eigenvalue weighted by Gasteiger charge is -2.28. The SMILES string of the molecule is Cc1nc(Nc2ncccn2)cc(C2CCCN2C(C)C)n1. The number of anilines is 2. The molecule has 2 aromatic heterocycles. The second-order valence-electron chi connectivity index (χ2n) is 5.91. The Balaban J connectivity index is 1.87. The Labute approximate surface area is 131 Å². The first-order chi connectivity index (χ1) is 10.6. The molecule has 1 aliphatic heterocycles. The summed E-state index contributed by atoms with van der Waals surface area (Å²) in [4.78, 5) is 20.0. The van der Waals surface area contributed by atoms with Crippen molar-refractivity contribution in [2.24, 2.45) is 0 Å². The maximum Gasteiger partial charge on any atom is 0.228 e. The Kier molecular flexibility index (Phi) is 4.29. The molecule has 0 saturated carbocycles. The topological polar surface area (TPSA) is 66.8 Å². The summed E-state index contributed by atoms with van der Waals surface area (Å²) in [5, 5.41) is 3.16. The van der Waals surface area contributed by atoms with Gasteiger partial charge in [0.05, 0.1) is 11.7 Å². The molecule has 0 amide bonds. The summed E-state index contributed by atoms with van der Waals surface area (Å²) in [7, 11) is 0. The van der Waals surface area contributed by atoms with Gasteiger partial charge >= 0.3 is 0 Å². The van der Waals surface area contributed by atoms with E-state index in [0.717, 1.165) is 30.3 Å². The largest absolute Gasteiger partial charge is 0.309 e. The summed E-state index contributed by atoms with van der Waals surface area (Å²) in [6, 6.07) is 4.71. The second kappa shape index (κ2) is 6.36. The van der Waals surface area contributed by atoms with Crippen LogP contribution in [0.3, 0.4) is 0 Å². The molecule has 1 unspecified atom stereocenters.